The molecule has 2 nitrogen and oxygen atoms in total. The Kier molecular flexibility index (Phi) is 6.14. The highest BCUT2D eigenvalue weighted by atomic mass is 127. The predicted molar refractivity (Wildman–Crippen MR) is 53.6 cm³/mol. The van der Waals surface area contributed by atoms with Crippen molar-refractivity contribution in [1.82, 2.24) is 0 Å². The Labute approximate surface area is 82.4 Å². The molecule has 0 aliphatic carbocycles. The highest BCUT2D eigenvalue weighted by Crippen LogP contribution is 2.12. The molecule has 0 N–H and O–H groups in total. The van der Waals surface area contributed by atoms with Gasteiger partial charge >= 0.3 is 0 Å². The van der Waals surface area contributed by atoms with Crippen LogP contribution in [-0.4, -0.2) is 11.9 Å². The first-order valence-electron chi connectivity index (χ1n) is 3.94. The number of Topliss-reactive ketones (excluding diaryl/α,β-unsaturated/α-hetero) is 1. The van der Waals surface area contributed by atoms with Crippen LogP contribution in [-0.2, 0) is 7.86 Å². The minimum absolute atomic E-state index is 0.0846. The van der Waals surface area contributed by atoms with E-state index in [4.69, 9.17) is 3.07 Å². The molecule has 0 saturated heterocycles. The maximum absolute atomic E-state index is 11.3. The van der Waals surface area contributed by atoms with Gasteiger partial charge in [0.05, 0.1) is 0 Å². The molecule has 1 unspecified atom stereocenters. The average Bonchev–Trinajstić information content (AvgIpc) is 1.98. The zero-order valence-electron chi connectivity index (χ0n) is 7.26. The normalized spacial score (nSPS) is 13.5. The van der Waals surface area contributed by atoms with Gasteiger partial charge in [0.15, 0.2) is 5.78 Å². The summed E-state index contributed by atoms with van der Waals surface area (Å²) in [4.78, 5) is 11.3. The molecule has 0 aromatic rings. The standard InChI is InChI=1S/C8H15IO2/c1-4-5-7(11-9)8(10)6(2)3/h6-7H,4-5H2,1-3H3. The highest BCUT2D eigenvalue weighted by molar-refractivity contribution is 14.1. The third-order valence-corrected chi connectivity index (χ3v) is 2.16. The van der Waals surface area contributed by atoms with Crippen LogP contribution in [0, 0.1) is 5.92 Å². The maximum Gasteiger partial charge on any atom is 0.165 e. The van der Waals surface area contributed by atoms with Crippen LogP contribution in [0.5, 0.6) is 0 Å². The van der Waals surface area contributed by atoms with E-state index in [0.717, 1.165) is 12.8 Å². The van der Waals surface area contributed by atoms with E-state index in [0.29, 0.717) is 0 Å². The lowest BCUT2D eigenvalue weighted by Gasteiger charge is -2.13. The molecular weight excluding hydrogens is 255 g/mol. The van der Waals surface area contributed by atoms with Crippen molar-refractivity contribution in [3.63, 3.8) is 0 Å². The predicted octanol–water partition coefficient (Wildman–Crippen LogP) is 2.75. The second-order valence-corrected chi connectivity index (χ2v) is 3.43. The van der Waals surface area contributed by atoms with E-state index in [1.54, 1.807) is 23.0 Å². The van der Waals surface area contributed by atoms with Gasteiger partial charge in [0.2, 0.25) is 0 Å². The summed E-state index contributed by atoms with van der Waals surface area (Å²) in [6.45, 7) is 5.86. The number of carbonyl (C=O) groups excluding carboxylic acids is 1. The summed E-state index contributed by atoms with van der Waals surface area (Å²) in [5, 5.41) is 0. The molecule has 0 radical (unpaired) electrons. The topological polar surface area (TPSA) is 26.3 Å². The number of halogens is 1. The van der Waals surface area contributed by atoms with Crippen LogP contribution in [0.2, 0.25) is 0 Å². The Bertz CT molecular complexity index is 123. The fraction of sp³-hybridized carbons (Fsp3) is 0.875. The second kappa shape index (κ2) is 5.94. The second-order valence-electron chi connectivity index (χ2n) is 2.92. The van der Waals surface area contributed by atoms with Crippen molar-refractivity contribution >= 4 is 28.8 Å². The minimum atomic E-state index is -0.194. The van der Waals surface area contributed by atoms with E-state index >= 15 is 0 Å². The van der Waals surface area contributed by atoms with Crippen molar-refractivity contribution in [2.45, 2.75) is 39.7 Å². The van der Waals surface area contributed by atoms with Crippen molar-refractivity contribution in [3.05, 3.63) is 0 Å². The zero-order valence-corrected chi connectivity index (χ0v) is 9.42. The Morgan fingerprint density at radius 3 is 2.36 bits per heavy atom. The summed E-state index contributed by atoms with van der Waals surface area (Å²) in [6, 6.07) is 0. The van der Waals surface area contributed by atoms with Crippen molar-refractivity contribution in [3.8, 4) is 0 Å². The van der Waals surface area contributed by atoms with Gasteiger partial charge in [-0.15, -0.1) is 0 Å². The van der Waals surface area contributed by atoms with E-state index in [-0.39, 0.29) is 17.8 Å². The molecule has 0 aliphatic rings. The lowest BCUT2D eigenvalue weighted by molar-refractivity contribution is -0.127. The number of hydrogen-bond donors (Lipinski definition) is 0. The maximum atomic E-state index is 11.3. The Morgan fingerprint density at radius 2 is 2.09 bits per heavy atom. The summed E-state index contributed by atoms with van der Waals surface area (Å²) in [6.07, 6.45) is 1.63. The van der Waals surface area contributed by atoms with Crippen molar-refractivity contribution < 1.29 is 7.86 Å². The van der Waals surface area contributed by atoms with Crippen LogP contribution in [0.15, 0.2) is 0 Å². The molecule has 0 aliphatic heterocycles. The molecule has 0 bridgehead atoms. The Hall–Kier alpha value is 0.360. The van der Waals surface area contributed by atoms with Crippen LogP contribution in [0.3, 0.4) is 0 Å². The monoisotopic (exact) mass is 270 g/mol. The van der Waals surface area contributed by atoms with E-state index in [2.05, 4.69) is 6.92 Å². The molecule has 0 saturated carbocycles. The summed E-state index contributed by atoms with van der Waals surface area (Å²) in [5.41, 5.74) is 0. The fourth-order valence-corrected chi connectivity index (χ4v) is 1.37. The molecule has 0 spiro atoms. The van der Waals surface area contributed by atoms with E-state index < -0.39 is 0 Å². The van der Waals surface area contributed by atoms with Crippen LogP contribution >= 0.6 is 23.0 Å². The summed E-state index contributed by atoms with van der Waals surface area (Å²) >= 11 is 1.80. The summed E-state index contributed by atoms with van der Waals surface area (Å²) < 4.78 is 5.03. The molecule has 0 aromatic carbocycles. The zero-order chi connectivity index (χ0) is 8.85. The SMILES string of the molecule is CCCC(OI)C(=O)C(C)C. The van der Waals surface area contributed by atoms with Crippen molar-refractivity contribution in [2.75, 3.05) is 0 Å². The Morgan fingerprint density at radius 1 is 1.55 bits per heavy atom. The van der Waals surface area contributed by atoms with Crippen LogP contribution in [0.4, 0.5) is 0 Å². The Balaban J connectivity index is 3.92. The summed E-state index contributed by atoms with van der Waals surface area (Å²) in [7, 11) is 0. The summed E-state index contributed by atoms with van der Waals surface area (Å²) in [5.74, 6) is 0.294. The smallest absolute Gasteiger partial charge is 0.165 e. The molecule has 0 rings (SSSR count). The van der Waals surface area contributed by atoms with E-state index in [1.807, 2.05) is 13.8 Å². The van der Waals surface area contributed by atoms with Gasteiger partial charge in [-0.1, -0.05) is 27.2 Å². The number of hydrogen-bond acceptors (Lipinski definition) is 2. The third-order valence-electron chi connectivity index (χ3n) is 1.54. The molecule has 0 heterocycles. The molecule has 0 fully saturated rings. The van der Waals surface area contributed by atoms with Gasteiger partial charge in [0, 0.05) is 5.92 Å². The van der Waals surface area contributed by atoms with Gasteiger partial charge in [-0.25, -0.2) is 0 Å². The molecule has 0 amide bonds. The number of carbonyl (C=O) groups is 1. The quantitative estimate of drug-likeness (QED) is 0.718. The lowest BCUT2D eigenvalue weighted by atomic mass is 10.0. The molecule has 1 atom stereocenters. The lowest BCUT2D eigenvalue weighted by Crippen LogP contribution is -2.25. The largest absolute Gasteiger partial charge is 0.304 e. The van der Waals surface area contributed by atoms with Gasteiger partial charge < -0.3 is 3.07 Å². The van der Waals surface area contributed by atoms with Gasteiger partial charge in [0.25, 0.3) is 0 Å². The molecular formula is C8H15IO2. The van der Waals surface area contributed by atoms with Crippen molar-refractivity contribution in [2.24, 2.45) is 5.92 Å². The third kappa shape index (κ3) is 4.06. The molecule has 0 aromatic heterocycles. The highest BCUT2D eigenvalue weighted by Gasteiger charge is 2.19. The van der Waals surface area contributed by atoms with E-state index in [9.17, 15) is 4.79 Å². The van der Waals surface area contributed by atoms with Crippen LogP contribution < -0.4 is 0 Å². The first kappa shape index (κ1) is 11.4. The number of rotatable bonds is 5. The first-order valence-corrected chi connectivity index (χ1v) is 4.82. The van der Waals surface area contributed by atoms with E-state index in [1.165, 1.54) is 0 Å². The molecule has 3 heteroatoms. The van der Waals surface area contributed by atoms with Crippen LogP contribution in [0.1, 0.15) is 33.6 Å². The first-order chi connectivity index (χ1) is 5.13. The van der Waals surface area contributed by atoms with Gasteiger partial charge in [-0.2, -0.15) is 0 Å². The average molecular weight is 270 g/mol. The van der Waals surface area contributed by atoms with Gasteiger partial charge in [-0.3, -0.25) is 4.79 Å². The molecule has 66 valence electrons. The van der Waals surface area contributed by atoms with Gasteiger partial charge in [-0.05, 0) is 6.42 Å². The number of ketones is 1. The fourth-order valence-electron chi connectivity index (χ4n) is 0.865. The van der Waals surface area contributed by atoms with Gasteiger partial charge in [0.1, 0.15) is 29.1 Å². The van der Waals surface area contributed by atoms with Crippen LogP contribution in [0.25, 0.3) is 0 Å². The van der Waals surface area contributed by atoms with Crippen molar-refractivity contribution in [1.29, 1.82) is 0 Å². The molecule has 11 heavy (non-hydrogen) atoms. The minimum Gasteiger partial charge on any atom is -0.304 e.